The lowest BCUT2D eigenvalue weighted by molar-refractivity contribution is 0.0956. The summed E-state index contributed by atoms with van der Waals surface area (Å²) in [7, 11) is 0. The minimum absolute atomic E-state index is 0.0348. The Labute approximate surface area is 134 Å². The molecule has 0 saturated heterocycles. The molecule has 4 rings (SSSR count). The number of nitrogens with one attached hydrogen (secondary N) is 1. The fourth-order valence-electron chi connectivity index (χ4n) is 3.26. The highest BCUT2D eigenvalue weighted by molar-refractivity contribution is 7.21. The lowest BCUT2D eigenvalue weighted by atomic mass is 9.85. The number of aromatic nitrogens is 1. The van der Waals surface area contributed by atoms with E-state index in [0.717, 1.165) is 41.8 Å². The molecule has 22 heavy (non-hydrogen) atoms. The van der Waals surface area contributed by atoms with Gasteiger partial charge in [0.15, 0.2) is 0 Å². The second kappa shape index (κ2) is 5.23. The van der Waals surface area contributed by atoms with Gasteiger partial charge < -0.3 is 11.1 Å². The Morgan fingerprint density at radius 1 is 1.45 bits per heavy atom. The van der Waals surface area contributed by atoms with Crippen LogP contribution in [-0.4, -0.2) is 16.9 Å². The van der Waals surface area contributed by atoms with Crippen LogP contribution in [-0.2, 0) is 12.8 Å². The SMILES string of the molecule is CC[C@@H]1CCc2nc3sc(C(=O)NC4CC4)c(N)c3cc2C1. The molecular weight excluding hydrogens is 294 g/mol. The first kappa shape index (κ1) is 14.0. The van der Waals surface area contributed by atoms with Crippen LogP contribution < -0.4 is 11.1 Å². The van der Waals surface area contributed by atoms with Crippen LogP contribution in [0, 0.1) is 5.92 Å². The minimum atomic E-state index is -0.0348. The monoisotopic (exact) mass is 315 g/mol. The maximum absolute atomic E-state index is 12.3. The van der Waals surface area contributed by atoms with Crippen molar-refractivity contribution in [3.05, 3.63) is 22.2 Å². The summed E-state index contributed by atoms with van der Waals surface area (Å²) < 4.78 is 0. The van der Waals surface area contributed by atoms with Crippen LogP contribution in [0.5, 0.6) is 0 Å². The van der Waals surface area contributed by atoms with Gasteiger partial charge in [-0.2, -0.15) is 0 Å². The molecule has 3 N–H and O–H groups in total. The number of anilines is 1. The van der Waals surface area contributed by atoms with Crippen molar-refractivity contribution in [1.82, 2.24) is 10.3 Å². The normalized spacial score (nSPS) is 20.9. The average molecular weight is 315 g/mol. The third-order valence-corrected chi connectivity index (χ3v) is 6.00. The summed E-state index contributed by atoms with van der Waals surface area (Å²) in [5.41, 5.74) is 9.37. The van der Waals surface area contributed by atoms with Gasteiger partial charge in [-0.25, -0.2) is 4.98 Å². The largest absolute Gasteiger partial charge is 0.397 e. The summed E-state index contributed by atoms with van der Waals surface area (Å²) >= 11 is 1.43. The molecular formula is C17H21N3OS. The number of thiophene rings is 1. The summed E-state index contributed by atoms with van der Waals surface area (Å²) in [6.45, 7) is 2.25. The third kappa shape index (κ3) is 2.37. The standard InChI is InChI=1S/C17H21N3OS/c1-2-9-3-6-13-10(7-9)8-12-14(18)15(22-17(12)20-13)16(21)19-11-4-5-11/h8-9,11H,2-7,18H2,1H3,(H,19,21)/t9-/m1/s1. The molecule has 0 aliphatic heterocycles. The van der Waals surface area contributed by atoms with E-state index >= 15 is 0 Å². The Balaban J connectivity index is 1.73. The van der Waals surface area contributed by atoms with Crippen LogP contribution in [0.25, 0.3) is 10.2 Å². The van der Waals surface area contributed by atoms with E-state index in [2.05, 4.69) is 18.3 Å². The third-order valence-electron chi connectivity index (χ3n) is 4.88. The molecule has 2 aliphatic rings. The maximum atomic E-state index is 12.3. The first-order valence-electron chi connectivity index (χ1n) is 8.17. The molecule has 2 heterocycles. The number of carbonyl (C=O) groups excluding carboxylic acids is 1. The Hall–Kier alpha value is -1.62. The summed E-state index contributed by atoms with van der Waals surface area (Å²) in [4.78, 5) is 18.6. The molecule has 2 aromatic heterocycles. The van der Waals surface area contributed by atoms with Gasteiger partial charge in [-0.1, -0.05) is 13.3 Å². The van der Waals surface area contributed by atoms with E-state index in [9.17, 15) is 4.79 Å². The molecule has 2 aromatic rings. The molecule has 1 fully saturated rings. The van der Waals surface area contributed by atoms with Crippen molar-refractivity contribution < 1.29 is 4.79 Å². The number of nitrogens with two attached hydrogens (primary N) is 1. The van der Waals surface area contributed by atoms with Gasteiger partial charge in [0.2, 0.25) is 0 Å². The highest BCUT2D eigenvalue weighted by Crippen LogP contribution is 2.37. The quantitative estimate of drug-likeness (QED) is 0.913. The number of amides is 1. The van der Waals surface area contributed by atoms with E-state index in [-0.39, 0.29) is 5.91 Å². The molecule has 0 aromatic carbocycles. The molecule has 1 atom stereocenters. The van der Waals surface area contributed by atoms with Crippen LogP contribution in [0.2, 0.25) is 0 Å². The van der Waals surface area contributed by atoms with E-state index in [0.29, 0.717) is 16.6 Å². The van der Waals surface area contributed by atoms with Crippen molar-refractivity contribution in [3.63, 3.8) is 0 Å². The van der Waals surface area contributed by atoms with Gasteiger partial charge in [0.25, 0.3) is 5.91 Å². The molecule has 0 spiro atoms. The van der Waals surface area contributed by atoms with Crippen molar-refractivity contribution in [2.45, 2.75) is 51.5 Å². The van der Waals surface area contributed by atoms with Gasteiger partial charge in [0.05, 0.1) is 5.69 Å². The zero-order valence-corrected chi connectivity index (χ0v) is 13.6. The summed E-state index contributed by atoms with van der Waals surface area (Å²) in [5.74, 6) is 0.719. The van der Waals surface area contributed by atoms with Crippen molar-refractivity contribution in [3.8, 4) is 0 Å². The topological polar surface area (TPSA) is 68.0 Å². The minimum Gasteiger partial charge on any atom is -0.397 e. The first-order valence-corrected chi connectivity index (χ1v) is 8.99. The number of hydrogen-bond acceptors (Lipinski definition) is 4. The predicted molar refractivity (Wildman–Crippen MR) is 90.3 cm³/mol. The molecule has 1 amide bonds. The van der Waals surface area contributed by atoms with E-state index in [1.54, 1.807) is 0 Å². The molecule has 1 saturated carbocycles. The predicted octanol–water partition coefficient (Wildman–Crippen LogP) is 3.29. The van der Waals surface area contributed by atoms with Gasteiger partial charge in [-0.3, -0.25) is 4.79 Å². The second-order valence-electron chi connectivity index (χ2n) is 6.56. The maximum Gasteiger partial charge on any atom is 0.263 e. The number of aryl methyl sites for hydroxylation is 1. The lowest BCUT2D eigenvalue weighted by Crippen LogP contribution is -2.25. The Morgan fingerprint density at radius 2 is 2.27 bits per heavy atom. The molecule has 4 nitrogen and oxygen atoms in total. The summed E-state index contributed by atoms with van der Waals surface area (Å²) in [6.07, 6.45) is 6.74. The van der Waals surface area contributed by atoms with Gasteiger partial charge >= 0.3 is 0 Å². The number of rotatable bonds is 3. The van der Waals surface area contributed by atoms with Crippen molar-refractivity contribution >= 4 is 33.1 Å². The number of nitrogen functional groups attached to an aromatic ring is 1. The van der Waals surface area contributed by atoms with Crippen molar-refractivity contribution in [2.24, 2.45) is 5.92 Å². The lowest BCUT2D eigenvalue weighted by Gasteiger charge is -2.22. The number of pyridine rings is 1. The first-order chi connectivity index (χ1) is 10.7. The number of carbonyl (C=O) groups is 1. The highest BCUT2D eigenvalue weighted by atomic mass is 32.1. The Morgan fingerprint density at radius 3 is 3.00 bits per heavy atom. The van der Waals surface area contributed by atoms with E-state index in [1.165, 1.54) is 35.4 Å². The Bertz CT molecular complexity index is 748. The van der Waals surface area contributed by atoms with Gasteiger partial charge in [0, 0.05) is 17.1 Å². The molecule has 0 bridgehead atoms. The van der Waals surface area contributed by atoms with Gasteiger partial charge in [-0.15, -0.1) is 11.3 Å². The fraction of sp³-hybridized carbons (Fsp3) is 0.529. The van der Waals surface area contributed by atoms with Crippen molar-refractivity contribution in [1.29, 1.82) is 0 Å². The highest BCUT2D eigenvalue weighted by Gasteiger charge is 2.27. The van der Waals surface area contributed by atoms with Crippen LogP contribution in [0.3, 0.4) is 0 Å². The fourth-order valence-corrected chi connectivity index (χ4v) is 4.26. The molecule has 0 unspecified atom stereocenters. The summed E-state index contributed by atoms with van der Waals surface area (Å²) in [5, 5.41) is 3.98. The zero-order valence-electron chi connectivity index (χ0n) is 12.8. The van der Waals surface area contributed by atoms with E-state index in [1.807, 2.05) is 0 Å². The van der Waals surface area contributed by atoms with Crippen LogP contribution in [0.4, 0.5) is 5.69 Å². The molecule has 5 heteroatoms. The van der Waals surface area contributed by atoms with E-state index < -0.39 is 0 Å². The molecule has 2 aliphatic carbocycles. The number of nitrogens with zero attached hydrogens (tertiary/aromatic N) is 1. The van der Waals surface area contributed by atoms with E-state index in [4.69, 9.17) is 10.7 Å². The van der Waals surface area contributed by atoms with Crippen molar-refractivity contribution in [2.75, 3.05) is 5.73 Å². The smallest absolute Gasteiger partial charge is 0.263 e. The Kier molecular flexibility index (Phi) is 3.33. The zero-order chi connectivity index (χ0) is 15.3. The van der Waals surface area contributed by atoms with Gasteiger partial charge in [-0.05, 0) is 49.7 Å². The second-order valence-corrected chi connectivity index (χ2v) is 7.56. The van der Waals surface area contributed by atoms with Crippen LogP contribution in [0.15, 0.2) is 6.07 Å². The summed E-state index contributed by atoms with van der Waals surface area (Å²) in [6, 6.07) is 2.53. The van der Waals surface area contributed by atoms with Gasteiger partial charge in [0.1, 0.15) is 9.71 Å². The number of fused-ring (bicyclic) bond motifs is 2. The average Bonchev–Trinajstić information content (AvgIpc) is 3.28. The van der Waals surface area contributed by atoms with Crippen LogP contribution >= 0.6 is 11.3 Å². The number of hydrogen-bond donors (Lipinski definition) is 2. The molecule has 0 radical (unpaired) electrons. The van der Waals surface area contributed by atoms with Crippen LogP contribution in [0.1, 0.15) is 53.5 Å². The molecule has 116 valence electrons.